The molecule has 0 unspecified atom stereocenters. The van der Waals surface area contributed by atoms with E-state index in [-0.39, 0.29) is 11.7 Å². The van der Waals surface area contributed by atoms with E-state index in [1.54, 1.807) is 10.6 Å². The average Bonchev–Trinajstić information content (AvgIpc) is 2.70. The second-order valence-corrected chi connectivity index (χ2v) is 4.87. The van der Waals surface area contributed by atoms with Crippen LogP contribution in [-0.2, 0) is 0 Å². The lowest BCUT2D eigenvalue weighted by molar-refractivity contribution is 0.534. The van der Waals surface area contributed by atoms with Gasteiger partial charge in [0, 0.05) is 6.04 Å². The van der Waals surface area contributed by atoms with Crippen LogP contribution in [0.15, 0.2) is 33.2 Å². The predicted molar refractivity (Wildman–Crippen MR) is 69.4 cm³/mol. The van der Waals surface area contributed by atoms with E-state index >= 15 is 0 Å². The van der Waals surface area contributed by atoms with Crippen molar-refractivity contribution in [2.75, 3.05) is 5.43 Å². The second-order valence-electron chi connectivity index (χ2n) is 3.88. The average molecular weight is 266 g/mol. The number of nitrogens with zero attached hydrogens (tertiary/aromatic N) is 3. The number of nitrogen functional groups attached to an aromatic ring is 1. The van der Waals surface area contributed by atoms with Crippen LogP contribution in [0, 0.1) is 0 Å². The zero-order valence-corrected chi connectivity index (χ0v) is 10.9. The lowest BCUT2D eigenvalue weighted by Gasteiger charge is -2.08. The van der Waals surface area contributed by atoms with Gasteiger partial charge in [0.1, 0.15) is 10.8 Å². The molecule has 0 saturated carbocycles. The first-order valence-electron chi connectivity index (χ1n) is 5.40. The molecule has 2 heterocycles. The third-order valence-corrected chi connectivity index (χ3v) is 3.16. The van der Waals surface area contributed by atoms with Gasteiger partial charge < -0.3 is 5.43 Å². The summed E-state index contributed by atoms with van der Waals surface area (Å²) in [5, 5.41) is 7.71. The number of hydrogen-bond acceptors (Lipinski definition) is 6. The van der Waals surface area contributed by atoms with Crippen LogP contribution in [-0.4, -0.2) is 19.7 Å². The molecule has 0 spiro atoms. The summed E-state index contributed by atoms with van der Waals surface area (Å²) < 4.78 is 1.58. The summed E-state index contributed by atoms with van der Waals surface area (Å²) in [6.45, 7) is 3.85. The summed E-state index contributed by atoms with van der Waals surface area (Å²) in [4.78, 5) is 15.8. The molecule has 0 fully saturated rings. The lowest BCUT2D eigenvalue weighted by Crippen LogP contribution is -2.19. The number of hydrogen-bond donors (Lipinski definition) is 3. The first kappa shape index (κ1) is 12.7. The van der Waals surface area contributed by atoms with Gasteiger partial charge in [0.05, 0.1) is 0 Å². The second kappa shape index (κ2) is 5.23. The Balaban J connectivity index is 2.31. The number of anilines is 1. The Hall–Kier alpha value is -1.80. The van der Waals surface area contributed by atoms with E-state index in [1.807, 2.05) is 26.0 Å². The van der Waals surface area contributed by atoms with Crippen LogP contribution in [0.4, 0.5) is 5.82 Å². The first-order valence-corrected chi connectivity index (χ1v) is 6.22. The molecular formula is C10H14N6OS. The van der Waals surface area contributed by atoms with Crippen LogP contribution >= 0.6 is 11.8 Å². The molecule has 0 aliphatic rings. The van der Waals surface area contributed by atoms with E-state index in [0.29, 0.717) is 16.0 Å². The summed E-state index contributed by atoms with van der Waals surface area (Å²) in [6.07, 6.45) is 0. The van der Waals surface area contributed by atoms with Crippen LogP contribution in [0.3, 0.4) is 0 Å². The number of rotatable bonds is 4. The van der Waals surface area contributed by atoms with E-state index in [0.717, 1.165) is 0 Å². The van der Waals surface area contributed by atoms with Gasteiger partial charge in [-0.1, -0.05) is 6.07 Å². The maximum absolute atomic E-state index is 11.6. The minimum Gasteiger partial charge on any atom is -0.308 e. The van der Waals surface area contributed by atoms with Crippen molar-refractivity contribution < 1.29 is 0 Å². The summed E-state index contributed by atoms with van der Waals surface area (Å²) in [5.74, 6) is 5.86. The van der Waals surface area contributed by atoms with Gasteiger partial charge in [-0.2, -0.15) is 0 Å². The van der Waals surface area contributed by atoms with Gasteiger partial charge in [0.2, 0.25) is 0 Å². The molecule has 18 heavy (non-hydrogen) atoms. The number of hydrazine groups is 1. The maximum atomic E-state index is 11.6. The number of pyridine rings is 1. The lowest BCUT2D eigenvalue weighted by atomic mass is 10.4. The maximum Gasteiger partial charge on any atom is 0.344 e. The summed E-state index contributed by atoms with van der Waals surface area (Å²) in [6, 6.07) is 5.45. The van der Waals surface area contributed by atoms with E-state index in [2.05, 4.69) is 20.6 Å². The largest absolute Gasteiger partial charge is 0.344 e. The number of nitrogens with two attached hydrogens (primary N) is 1. The molecule has 0 aromatic carbocycles. The molecule has 0 atom stereocenters. The molecule has 2 aromatic heterocycles. The van der Waals surface area contributed by atoms with Crippen molar-refractivity contribution >= 4 is 17.6 Å². The highest BCUT2D eigenvalue weighted by Crippen LogP contribution is 2.25. The van der Waals surface area contributed by atoms with Crippen LogP contribution in [0.1, 0.15) is 19.9 Å². The van der Waals surface area contributed by atoms with Crippen molar-refractivity contribution in [3.63, 3.8) is 0 Å². The molecule has 0 amide bonds. The van der Waals surface area contributed by atoms with Crippen LogP contribution < -0.4 is 17.0 Å². The number of H-pyrrole nitrogens is 1. The number of aromatic amines is 1. The van der Waals surface area contributed by atoms with Crippen LogP contribution in [0.5, 0.6) is 0 Å². The molecular weight excluding hydrogens is 252 g/mol. The Bertz CT molecular complexity index is 590. The van der Waals surface area contributed by atoms with Crippen molar-refractivity contribution in [3.8, 4) is 0 Å². The molecule has 4 N–H and O–H groups in total. The topological polar surface area (TPSA) is 102 Å². The summed E-state index contributed by atoms with van der Waals surface area (Å²) >= 11 is 1.31. The predicted octanol–water partition coefficient (Wildman–Crippen LogP) is 0.984. The van der Waals surface area contributed by atoms with Crippen molar-refractivity contribution in [1.82, 2.24) is 19.7 Å². The molecule has 0 bridgehead atoms. The van der Waals surface area contributed by atoms with Crippen molar-refractivity contribution in [3.05, 3.63) is 28.7 Å². The molecule has 0 aliphatic heterocycles. The zero-order chi connectivity index (χ0) is 13.1. The smallest absolute Gasteiger partial charge is 0.308 e. The first-order chi connectivity index (χ1) is 8.61. The Morgan fingerprint density at radius 3 is 2.94 bits per heavy atom. The standard InChI is InChI=1S/C10H14N6OS/c1-6(2)16-9(17)14-15-10(16)18-8-5-3-4-7(12-8)13-11/h3-6H,11H2,1-2H3,(H,12,13)(H,14,17). The van der Waals surface area contributed by atoms with Crippen molar-refractivity contribution in [1.29, 1.82) is 0 Å². The highest BCUT2D eigenvalue weighted by molar-refractivity contribution is 7.99. The summed E-state index contributed by atoms with van der Waals surface area (Å²) in [7, 11) is 0. The molecule has 7 nitrogen and oxygen atoms in total. The zero-order valence-electron chi connectivity index (χ0n) is 10.0. The number of aromatic nitrogens is 4. The van der Waals surface area contributed by atoms with Gasteiger partial charge in [-0.15, -0.1) is 5.10 Å². The Morgan fingerprint density at radius 1 is 1.50 bits per heavy atom. The quantitative estimate of drug-likeness (QED) is 0.563. The van der Waals surface area contributed by atoms with E-state index in [9.17, 15) is 4.79 Å². The monoisotopic (exact) mass is 266 g/mol. The minimum absolute atomic E-state index is 0.0366. The van der Waals surface area contributed by atoms with Gasteiger partial charge in [-0.05, 0) is 37.7 Å². The van der Waals surface area contributed by atoms with Gasteiger partial charge in [0.25, 0.3) is 0 Å². The Kier molecular flexibility index (Phi) is 3.68. The minimum atomic E-state index is -0.222. The highest BCUT2D eigenvalue weighted by Gasteiger charge is 2.13. The molecule has 0 aliphatic carbocycles. The van der Waals surface area contributed by atoms with Crippen molar-refractivity contribution in [2.24, 2.45) is 5.84 Å². The molecule has 2 aromatic rings. The fourth-order valence-corrected chi connectivity index (χ4v) is 2.42. The van der Waals surface area contributed by atoms with E-state index in [4.69, 9.17) is 5.84 Å². The third kappa shape index (κ3) is 2.54. The Labute approximate surface area is 108 Å². The van der Waals surface area contributed by atoms with Gasteiger partial charge in [-0.25, -0.2) is 20.7 Å². The van der Waals surface area contributed by atoms with E-state index in [1.165, 1.54) is 11.8 Å². The molecule has 2 rings (SSSR count). The fraction of sp³-hybridized carbons (Fsp3) is 0.300. The SMILES string of the molecule is CC(C)n1c(Sc2cccc(NN)n2)n[nH]c1=O. The van der Waals surface area contributed by atoms with Crippen LogP contribution in [0.25, 0.3) is 0 Å². The normalized spacial score (nSPS) is 10.9. The highest BCUT2D eigenvalue weighted by atomic mass is 32.2. The summed E-state index contributed by atoms with van der Waals surface area (Å²) in [5.41, 5.74) is 2.25. The molecule has 96 valence electrons. The molecule has 0 saturated heterocycles. The molecule has 0 radical (unpaired) electrons. The Morgan fingerprint density at radius 2 is 2.28 bits per heavy atom. The fourth-order valence-electron chi connectivity index (χ4n) is 1.46. The van der Waals surface area contributed by atoms with Gasteiger partial charge >= 0.3 is 5.69 Å². The van der Waals surface area contributed by atoms with Crippen molar-refractivity contribution in [2.45, 2.75) is 30.1 Å². The molecule has 8 heteroatoms. The van der Waals surface area contributed by atoms with Gasteiger partial charge in [-0.3, -0.25) is 4.57 Å². The third-order valence-electron chi connectivity index (χ3n) is 2.26. The van der Waals surface area contributed by atoms with Crippen LogP contribution in [0.2, 0.25) is 0 Å². The van der Waals surface area contributed by atoms with Gasteiger partial charge in [0.15, 0.2) is 5.16 Å². The number of nitrogens with one attached hydrogen (secondary N) is 2. The van der Waals surface area contributed by atoms with E-state index < -0.39 is 0 Å².